The molecule has 23 heavy (non-hydrogen) atoms. The molecule has 2 heterocycles. The van der Waals surface area contributed by atoms with Crippen LogP contribution in [-0.2, 0) is 4.74 Å². The minimum absolute atomic E-state index is 0.0620. The number of hydrogen-bond donors (Lipinski definition) is 1. The third-order valence-corrected chi connectivity index (χ3v) is 4.49. The number of nitrogens with zero attached hydrogens (tertiary/aromatic N) is 1. The lowest BCUT2D eigenvalue weighted by Gasteiger charge is -2.45. The van der Waals surface area contributed by atoms with Gasteiger partial charge in [-0.15, -0.1) is 0 Å². The van der Waals surface area contributed by atoms with E-state index in [0.717, 1.165) is 36.8 Å². The molecule has 1 fully saturated rings. The third kappa shape index (κ3) is 3.36. The molecule has 4 heteroatoms. The van der Waals surface area contributed by atoms with Crippen LogP contribution in [0.2, 0.25) is 0 Å². The van der Waals surface area contributed by atoms with E-state index in [9.17, 15) is 9.90 Å². The van der Waals surface area contributed by atoms with Gasteiger partial charge < -0.3 is 9.84 Å². The maximum absolute atomic E-state index is 12.6. The van der Waals surface area contributed by atoms with Gasteiger partial charge in [0.15, 0.2) is 0 Å². The molecule has 2 unspecified atom stereocenters. The first-order chi connectivity index (χ1) is 10.8. The van der Waals surface area contributed by atoms with E-state index in [1.807, 2.05) is 43.9 Å². The maximum atomic E-state index is 12.6. The van der Waals surface area contributed by atoms with E-state index in [4.69, 9.17) is 4.74 Å². The second-order valence-electron chi connectivity index (χ2n) is 7.45. The van der Waals surface area contributed by atoms with Gasteiger partial charge in [-0.05, 0) is 58.1 Å². The van der Waals surface area contributed by atoms with E-state index in [0.29, 0.717) is 5.75 Å². The van der Waals surface area contributed by atoms with Crippen molar-refractivity contribution in [2.45, 2.75) is 64.1 Å². The molecule has 0 aliphatic carbocycles. The largest absolute Gasteiger partial charge is 0.507 e. The van der Waals surface area contributed by atoms with Crippen LogP contribution in [0.5, 0.6) is 5.75 Å². The normalized spacial score (nSPS) is 24.1. The zero-order valence-corrected chi connectivity index (χ0v) is 14.1. The predicted molar refractivity (Wildman–Crippen MR) is 90.2 cm³/mol. The van der Waals surface area contributed by atoms with Crippen LogP contribution in [0.15, 0.2) is 30.3 Å². The fourth-order valence-corrected chi connectivity index (χ4v) is 3.57. The smallest absolute Gasteiger partial charge is 0.411 e. The second-order valence-corrected chi connectivity index (χ2v) is 7.45. The van der Waals surface area contributed by atoms with E-state index in [1.54, 1.807) is 6.07 Å². The van der Waals surface area contributed by atoms with E-state index in [-0.39, 0.29) is 18.2 Å². The fraction of sp³-hybridized carbons (Fsp3) is 0.526. The van der Waals surface area contributed by atoms with Crippen molar-refractivity contribution in [3.05, 3.63) is 35.9 Å². The van der Waals surface area contributed by atoms with Crippen LogP contribution < -0.4 is 0 Å². The summed E-state index contributed by atoms with van der Waals surface area (Å²) < 4.78 is 5.59. The number of piperidine rings is 1. The standard InChI is InChI=1S/C19H25NO3/c1-19(2,3)23-18(22)20-14-7-6-8-15(20)12-13(11-14)16-9-4-5-10-17(16)21/h4-5,9-11,14-15,21H,6-8,12H2,1-3H3. The molecule has 0 radical (unpaired) electrons. The quantitative estimate of drug-likeness (QED) is 0.839. The molecule has 4 nitrogen and oxygen atoms in total. The molecule has 1 N–H and O–H groups in total. The maximum Gasteiger partial charge on any atom is 0.411 e. The monoisotopic (exact) mass is 315 g/mol. The first-order valence-corrected chi connectivity index (χ1v) is 8.35. The lowest BCUT2D eigenvalue weighted by Crippen LogP contribution is -2.53. The van der Waals surface area contributed by atoms with Crippen LogP contribution in [0.1, 0.15) is 52.0 Å². The molecule has 0 saturated carbocycles. The summed E-state index contributed by atoms with van der Waals surface area (Å²) in [6.45, 7) is 5.69. The highest BCUT2D eigenvalue weighted by molar-refractivity contribution is 5.76. The van der Waals surface area contributed by atoms with Gasteiger partial charge in [0.2, 0.25) is 0 Å². The molecule has 2 bridgehead atoms. The number of hydrogen-bond acceptors (Lipinski definition) is 3. The minimum Gasteiger partial charge on any atom is -0.507 e. The van der Waals surface area contributed by atoms with Crippen molar-refractivity contribution in [1.82, 2.24) is 4.90 Å². The Labute approximate surface area is 137 Å². The Kier molecular flexibility index (Phi) is 4.09. The number of aromatic hydroxyl groups is 1. The van der Waals surface area contributed by atoms with Gasteiger partial charge in [0.25, 0.3) is 0 Å². The van der Waals surface area contributed by atoms with Crippen molar-refractivity contribution in [1.29, 1.82) is 0 Å². The Balaban J connectivity index is 1.88. The molecule has 1 amide bonds. The van der Waals surface area contributed by atoms with E-state index >= 15 is 0 Å². The molecule has 2 aliphatic rings. The zero-order chi connectivity index (χ0) is 16.6. The van der Waals surface area contributed by atoms with Gasteiger partial charge >= 0.3 is 6.09 Å². The van der Waals surface area contributed by atoms with Crippen LogP contribution >= 0.6 is 0 Å². The summed E-state index contributed by atoms with van der Waals surface area (Å²) in [6, 6.07) is 7.64. The van der Waals surface area contributed by atoms with Crippen LogP contribution in [0.25, 0.3) is 5.57 Å². The first kappa shape index (κ1) is 15.9. The van der Waals surface area contributed by atoms with Crippen LogP contribution in [0.4, 0.5) is 4.79 Å². The Hall–Kier alpha value is -1.97. The molecule has 1 aromatic carbocycles. The number of ether oxygens (including phenoxy) is 1. The van der Waals surface area contributed by atoms with Crippen molar-refractivity contribution in [2.75, 3.05) is 0 Å². The summed E-state index contributed by atoms with van der Waals surface area (Å²) >= 11 is 0. The predicted octanol–water partition coefficient (Wildman–Crippen LogP) is 4.34. The second kappa shape index (κ2) is 5.91. The zero-order valence-electron chi connectivity index (χ0n) is 14.1. The van der Waals surface area contributed by atoms with Gasteiger partial charge in [-0.25, -0.2) is 4.79 Å². The average molecular weight is 315 g/mol. The number of amides is 1. The summed E-state index contributed by atoms with van der Waals surface area (Å²) in [7, 11) is 0. The molecule has 1 aromatic rings. The van der Waals surface area contributed by atoms with Gasteiger partial charge in [0.1, 0.15) is 11.4 Å². The number of benzene rings is 1. The molecule has 2 aliphatic heterocycles. The summed E-state index contributed by atoms with van der Waals surface area (Å²) in [5.74, 6) is 0.308. The molecule has 0 spiro atoms. The van der Waals surface area contributed by atoms with Crippen molar-refractivity contribution in [2.24, 2.45) is 0 Å². The van der Waals surface area contributed by atoms with Crippen molar-refractivity contribution in [3.63, 3.8) is 0 Å². The molecule has 1 saturated heterocycles. The third-order valence-electron chi connectivity index (χ3n) is 4.49. The molecule has 124 valence electrons. The Bertz CT molecular complexity index is 630. The molecule has 3 rings (SSSR count). The van der Waals surface area contributed by atoms with E-state index in [1.165, 1.54) is 0 Å². The average Bonchev–Trinajstić information content (AvgIpc) is 2.44. The van der Waals surface area contributed by atoms with Gasteiger partial charge in [-0.1, -0.05) is 24.3 Å². The lowest BCUT2D eigenvalue weighted by atomic mass is 9.83. The number of rotatable bonds is 1. The summed E-state index contributed by atoms with van der Waals surface area (Å²) in [5, 5.41) is 10.1. The summed E-state index contributed by atoms with van der Waals surface area (Å²) in [4.78, 5) is 14.5. The lowest BCUT2D eigenvalue weighted by molar-refractivity contribution is 0.0000856. The summed E-state index contributed by atoms with van der Waals surface area (Å²) in [6.07, 6.45) is 5.74. The SMILES string of the molecule is CC(C)(C)OC(=O)N1C2C=C(c3ccccc3O)CC1CCC2. The minimum atomic E-state index is -0.479. The Morgan fingerprint density at radius 1 is 1.26 bits per heavy atom. The highest BCUT2D eigenvalue weighted by Gasteiger charge is 2.39. The number of carbonyl (C=O) groups excluding carboxylic acids is 1. The highest BCUT2D eigenvalue weighted by Crippen LogP contribution is 2.39. The number of phenols is 1. The molecular formula is C19H25NO3. The topological polar surface area (TPSA) is 49.8 Å². The number of fused-ring (bicyclic) bond motifs is 2. The fourth-order valence-electron chi connectivity index (χ4n) is 3.57. The van der Waals surface area contributed by atoms with Crippen LogP contribution in [-0.4, -0.2) is 33.8 Å². The van der Waals surface area contributed by atoms with Crippen LogP contribution in [0, 0.1) is 0 Å². The summed E-state index contributed by atoms with van der Waals surface area (Å²) in [5.41, 5.74) is 1.54. The van der Waals surface area contributed by atoms with Crippen molar-refractivity contribution in [3.8, 4) is 5.75 Å². The Morgan fingerprint density at radius 2 is 2.00 bits per heavy atom. The number of carbonyl (C=O) groups is 1. The number of para-hydroxylation sites is 1. The van der Waals surface area contributed by atoms with Gasteiger partial charge in [0.05, 0.1) is 6.04 Å². The van der Waals surface area contributed by atoms with Gasteiger partial charge in [-0.3, -0.25) is 4.90 Å². The van der Waals surface area contributed by atoms with Gasteiger partial charge in [-0.2, -0.15) is 0 Å². The molecule has 2 atom stereocenters. The highest BCUT2D eigenvalue weighted by atomic mass is 16.6. The Morgan fingerprint density at radius 3 is 2.65 bits per heavy atom. The molecule has 0 aromatic heterocycles. The molecular weight excluding hydrogens is 290 g/mol. The van der Waals surface area contributed by atoms with Crippen LogP contribution in [0.3, 0.4) is 0 Å². The van der Waals surface area contributed by atoms with E-state index < -0.39 is 5.60 Å². The van der Waals surface area contributed by atoms with E-state index in [2.05, 4.69) is 6.08 Å². The van der Waals surface area contributed by atoms with Gasteiger partial charge in [0, 0.05) is 11.6 Å². The number of phenolic OH excluding ortho intramolecular Hbond substituents is 1. The van der Waals surface area contributed by atoms with Crippen molar-refractivity contribution >= 4 is 11.7 Å². The first-order valence-electron chi connectivity index (χ1n) is 8.35. The van der Waals surface area contributed by atoms with Crippen molar-refractivity contribution < 1.29 is 14.6 Å².